The Labute approximate surface area is 228 Å². The number of nitrogens with zero attached hydrogens (tertiary/aromatic N) is 2. The molecule has 8 nitrogen and oxygen atoms in total. The van der Waals surface area contributed by atoms with Crippen molar-refractivity contribution in [2.45, 2.75) is 63.2 Å². The second-order valence-corrected chi connectivity index (χ2v) is 12.8. The standard InChI is InChI=1S/C27H35BrN4O4S/c1-4-7-18-12-22-26(23(33)13-18)25(20(16-29)17(2)31-22)19-14-21(28)27(30-8-11-36-3)24(15-19)37(34,35)32-9-5-6-10-32/h14-15,18,25,30-31H,4-13H2,1-3H3. The van der Waals surface area contributed by atoms with Crippen LogP contribution in [0.25, 0.3) is 0 Å². The van der Waals surface area contributed by atoms with Gasteiger partial charge in [0.25, 0.3) is 0 Å². The number of rotatable bonds is 9. The van der Waals surface area contributed by atoms with Crippen molar-refractivity contribution in [1.82, 2.24) is 9.62 Å². The number of methoxy groups -OCH3 is 1. The number of nitriles is 1. The third kappa shape index (κ3) is 5.51. The Bertz CT molecular complexity index is 1280. The highest BCUT2D eigenvalue weighted by molar-refractivity contribution is 9.10. The van der Waals surface area contributed by atoms with Gasteiger partial charge in [-0.15, -0.1) is 0 Å². The van der Waals surface area contributed by atoms with Crippen LogP contribution in [-0.4, -0.2) is 51.9 Å². The summed E-state index contributed by atoms with van der Waals surface area (Å²) in [6, 6.07) is 5.80. The molecule has 1 fully saturated rings. The number of carbonyl (C=O) groups is 1. The number of ether oxygens (including phenoxy) is 1. The number of allylic oxidation sites excluding steroid dienone is 4. The van der Waals surface area contributed by atoms with Crippen LogP contribution in [0.4, 0.5) is 5.69 Å². The summed E-state index contributed by atoms with van der Waals surface area (Å²) in [5.74, 6) is -0.320. The molecule has 1 aliphatic carbocycles. The molecule has 4 rings (SSSR count). The maximum absolute atomic E-state index is 13.8. The number of nitrogens with one attached hydrogen (secondary N) is 2. The fourth-order valence-electron chi connectivity index (χ4n) is 5.70. The number of benzene rings is 1. The molecular formula is C27H35BrN4O4S. The molecule has 37 heavy (non-hydrogen) atoms. The Morgan fingerprint density at radius 1 is 1.27 bits per heavy atom. The molecule has 0 spiro atoms. The van der Waals surface area contributed by atoms with E-state index in [1.165, 1.54) is 4.31 Å². The van der Waals surface area contributed by atoms with E-state index in [4.69, 9.17) is 4.74 Å². The topological polar surface area (TPSA) is 112 Å². The molecule has 2 heterocycles. The molecule has 3 aliphatic rings. The first-order chi connectivity index (χ1) is 17.7. The van der Waals surface area contributed by atoms with Crippen LogP contribution in [0.5, 0.6) is 0 Å². The molecule has 10 heteroatoms. The largest absolute Gasteiger partial charge is 0.383 e. The lowest BCUT2D eigenvalue weighted by molar-refractivity contribution is -0.117. The number of dihydropyridines is 1. The molecule has 0 amide bonds. The van der Waals surface area contributed by atoms with Gasteiger partial charge in [0.2, 0.25) is 10.0 Å². The first kappa shape index (κ1) is 27.8. The molecule has 0 saturated carbocycles. The monoisotopic (exact) mass is 590 g/mol. The number of hydrogen-bond donors (Lipinski definition) is 2. The molecule has 2 atom stereocenters. The molecule has 2 unspecified atom stereocenters. The van der Waals surface area contributed by atoms with Gasteiger partial charge in [0, 0.05) is 54.6 Å². The normalized spacial score (nSPS) is 22.6. The van der Waals surface area contributed by atoms with E-state index in [0.29, 0.717) is 65.2 Å². The van der Waals surface area contributed by atoms with Crippen molar-refractivity contribution in [1.29, 1.82) is 5.26 Å². The fourth-order valence-corrected chi connectivity index (χ4v) is 8.19. The Morgan fingerprint density at radius 2 is 2.00 bits per heavy atom. The third-order valence-electron chi connectivity index (χ3n) is 7.43. The van der Waals surface area contributed by atoms with Gasteiger partial charge >= 0.3 is 0 Å². The maximum Gasteiger partial charge on any atom is 0.245 e. The maximum atomic E-state index is 13.8. The lowest BCUT2D eigenvalue weighted by Crippen LogP contribution is -2.34. The van der Waals surface area contributed by atoms with Crippen LogP contribution in [-0.2, 0) is 19.6 Å². The van der Waals surface area contributed by atoms with Crippen LogP contribution < -0.4 is 10.6 Å². The zero-order valence-electron chi connectivity index (χ0n) is 21.7. The van der Waals surface area contributed by atoms with Crippen molar-refractivity contribution >= 4 is 37.4 Å². The molecule has 1 saturated heterocycles. The van der Waals surface area contributed by atoms with Gasteiger partial charge in [-0.3, -0.25) is 4.79 Å². The lowest BCUT2D eigenvalue weighted by Gasteiger charge is -2.36. The van der Waals surface area contributed by atoms with Crippen molar-refractivity contribution in [3.63, 3.8) is 0 Å². The van der Waals surface area contributed by atoms with Crippen molar-refractivity contribution in [3.8, 4) is 6.07 Å². The summed E-state index contributed by atoms with van der Waals surface area (Å²) in [4.78, 5) is 13.6. The minimum absolute atomic E-state index is 0.0276. The quantitative estimate of drug-likeness (QED) is 0.397. The molecule has 0 aromatic heterocycles. The van der Waals surface area contributed by atoms with Crippen LogP contribution in [0, 0.1) is 17.2 Å². The minimum atomic E-state index is -3.80. The summed E-state index contributed by atoms with van der Waals surface area (Å²) in [7, 11) is -2.21. The van der Waals surface area contributed by atoms with Crippen LogP contribution in [0.15, 0.2) is 44.0 Å². The molecule has 0 bridgehead atoms. The van der Waals surface area contributed by atoms with Crippen molar-refractivity contribution in [2.75, 3.05) is 38.7 Å². The molecule has 1 aromatic rings. The van der Waals surface area contributed by atoms with Gasteiger partial charge in [0.1, 0.15) is 4.90 Å². The van der Waals surface area contributed by atoms with Gasteiger partial charge in [-0.05, 0) is 72.2 Å². The summed E-state index contributed by atoms with van der Waals surface area (Å²) in [6.07, 6.45) is 4.81. The van der Waals surface area contributed by atoms with E-state index in [1.54, 1.807) is 13.2 Å². The third-order valence-corrected chi connectivity index (χ3v) is 9.98. The highest BCUT2D eigenvalue weighted by Gasteiger charge is 2.40. The minimum Gasteiger partial charge on any atom is -0.383 e. The van der Waals surface area contributed by atoms with E-state index in [0.717, 1.165) is 37.8 Å². The van der Waals surface area contributed by atoms with E-state index >= 15 is 0 Å². The number of sulfonamides is 1. The van der Waals surface area contributed by atoms with Gasteiger partial charge in [-0.25, -0.2) is 8.42 Å². The summed E-state index contributed by atoms with van der Waals surface area (Å²) in [5, 5.41) is 16.7. The number of anilines is 1. The lowest BCUT2D eigenvalue weighted by atomic mass is 9.72. The molecule has 2 aliphatic heterocycles. The zero-order valence-corrected chi connectivity index (χ0v) is 24.1. The molecule has 200 valence electrons. The average Bonchev–Trinajstić information content (AvgIpc) is 3.40. The van der Waals surface area contributed by atoms with Crippen molar-refractivity contribution in [3.05, 3.63) is 44.7 Å². The van der Waals surface area contributed by atoms with E-state index in [2.05, 4.69) is 39.6 Å². The average molecular weight is 592 g/mol. The SMILES string of the molecule is CCCC1CC(=O)C2=C(C1)NC(C)=C(C#N)C2c1cc(Br)c(NCCOC)c(S(=O)(=O)N2CCCC2)c1. The summed E-state index contributed by atoms with van der Waals surface area (Å²) in [6.45, 7) is 5.76. The smallest absolute Gasteiger partial charge is 0.245 e. The highest BCUT2D eigenvalue weighted by atomic mass is 79.9. The van der Waals surface area contributed by atoms with Crippen LogP contribution >= 0.6 is 15.9 Å². The highest BCUT2D eigenvalue weighted by Crippen LogP contribution is 2.46. The first-order valence-corrected chi connectivity index (χ1v) is 15.2. The summed E-state index contributed by atoms with van der Waals surface area (Å²) >= 11 is 3.61. The van der Waals surface area contributed by atoms with Crippen LogP contribution in [0.2, 0.25) is 0 Å². The second-order valence-electron chi connectivity index (χ2n) is 9.99. The first-order valence-electron chi connectivity index (χ1n) is 12.9. The summed E-state index contributed by atoms with van der Waals surface area (Å²) < 4.78 is 34.9. The van der Waals surface area contributed by atoms with Crippen LogP contribution in [0.1, 0.15) is 63.9 Å². The van der Waals surface area contributed by atoms with E-state index in [1.807, 2.05) is 13.0 Å². The van der Waals surface area contributed by atoms with Crippen molar-refractivity contribution in [2.24, 2.45) is 5.92 Å². The van der Waals surface area contributed by atoms with Gasteiger partial charge in [0.05, 0.1) is 29.9 Å². The number of carbonyl (C=O) groups excluding carboxylic acids is 1. The summed E-state index contributed by atoms with van der Waals surface area (Å²) in [5.41, 5.74) is 3.68. The Kier molecular flexibility index (Phi) is 8.79. The Morgan fingerprint density at radius 3 is 2.65 bits per heavy atom. The van der Waals surface area contributed by atoms with E-state index < -0.39 is 15.9 Å². The van der Waals surface area contributed by atoms with Gasteiger partial charge in [-0.1, -0.05) is 13.3 Å². The van der Waals surface area contributed by atoms with Crippen molar-refractivity contribution < 1.29 is 17.9 Å². The van der Waals surface area contributed by atoms with Crippen LogP contribution in [0.3, 0.4) is 0 Å². The number of Topliss-reactive ketones (excluding diaryl/α,β-unsaturated/α-hetero) is 1. The number of ketones is 1. The van der Waals surface area contributed by atoms with Gasteiger partial charge < -0.3 is 15.4 Å². The van der Waals surface area contributed by atoms with Gasteiger partial charge in [0.15, 0.2) is 5.78 Å². The Hall–Kier alpha value is -2.19. The second kappa shape index (κ2) is 11.7. The molecular weight excluding hydrogens is 556 g/mol. The number of halogens is 1. The fraction of sp³-hybridized carbons (Fsp3) is 0.556. The Balaban J connectivity index is 1.88. The predicted molar refractivity (Wildman–Crippen MR) is 146 cm³/mol. The predicted octanol–water partition coefficient (Wildman–Crippen LogP) is 4.81. The molecule has 1 aromatic carbocycles. The van der Waals surface area contributed by atoms with E-state index in [-0.39, 0.29) is 16.6 Å². The molecule has 0 radical (unpaired) electrons. The van der Waals surface area contributed by atoms with Gasteiger partial charge in [-0.2, -0.15) is 9.57 Å². The molecule has 2 N–H and O–H groups in total. The zero-order chi connectivity index (χ0) is 26.7. The van der Waals surface area contributed by atoms with E-state index in [9.17, 15) is 18.5 Å². The number of hydrogen-bond acceptors (Lipinski definition) is 7.